The summed E-state index contributed by atoms with van der Waals surface area (Å²) in [6.07, 6.45) is 7.70. The van der Waals surface area contributed by atoms with E-state index >= 15 is 0 Å². The Morgan fingerprint density at radius 2 is 1.90 bits per heavy atom. The average Bonchev–Trinajstić information content (AvgIpc) is 3.00. The van der Waals surface area contributed by atoms with E-state index in [2.05, 4.69) is 9.88 Å². The van der Waals surface area contributed by atoms with Gasteiger partial charge in [0.2, 0.25) is 0 Å². The van der Waals surface area contributed by atoms with Crippen molar-refractivity contribution in [3.05, 3.63) is 24.0 Å². The molecule has 0 bridgehead atoms. The zero-order valence-electron chi connectivity index (χ0n) is 12.4. The molecule has 2 aliphatic rings. The van der Waals surface area contributed by atoms with Crippen LogP contribution in [0.1, 0.15) is 36.0 Å². The van der Waals surface area contributed by atoms with E-state index in [0.717, 1.165) is 31.8 Å². The van der Waals surface area contributed by atoms with Gasteiger partial charge in [-0.25, -0.2) is 0 Å². The molecule has 3 heterocycles. The zero-order valence-corrected chi connectivity index (χ0v) is 12.4. The predicted octanol–water partition coefficient (Wildman–Crippen LogP) is 1.74. The molecule has 5 heteroatoms. The molecule has 1 amide bonds. The molecule has 1 aromatic heterocycles. The van der Waals surface area contributed by atoms with E-state index in [1.807, 2.05) is 4.90 Å². The maximum absolute atomic E-state index is 12.4. The number of hydrogen-bond donors (Lipinski definition) is 1. The molecule has 0 aromatic carbocycles. The number of piperidine rings is 1. The smallest absolute Gasteiger partial charge is 0.255 e. The number of carbonyl (C=O) groups excluding carboxylic acids is 1. The Labute approximate surface area is 125 Å². The largest absolute Gasteiger partial charge is 0.506 e. The number of pyridine rings is 1. The lowest BCUT2D eigenvalue weighted by molar-refractivity contribution is 0.0672. The van der Waals surface area contributed by atoms with Gasteiger partial charge in [-0.1, -0.05) is 0 Å². The fourth-order valence-electron chi connectivity index (χ4n) is 3.38. The van der Waals surface area contributed by atoms with Gasteiger partial charge in [-0.05, 0) is 50.8 Å². The van der Waals surface area contributed by atoms with Gasteiger partial charge in [-0.2, -0.15) is 0 Å². The van der Waals surface area contributed by atoms with Crippen molar-refractivity contribution in [3.63, 3.8) is 0 Å². The number of hydrogen-bond acceptors (Lipinski definition) is 4. The third kappa shape index (κ3) is 3.53. The standard InChI is InChI=1S/C16H23N3O2/c20-15-9-14(10-17-11-15)16(21)19-7-3-13(4-8-19)12-18-5-1-2-6-18/h9-11,13,20H,1-8,12H2. The molecule has 21 heavy (non-hydrogen) atoms. The Morgan fingerprint density at radius 1 is 1.19 bits per heavy atom. The van der Waals surface area contributed by atoms with Crippen molar-refractivity contribution >= 4 is 5.91 Å². The summed E-state index contributed by atoms with van der Waals surface area (Å²) in [5.41, 5.74) is 0.480. The van der Waals surface area contributed by atoms with Crippen molar-refractivity contribution in [3.8, 4) is 5.75 Å². The van der Waals surface area contributed by atoms with Crippen LogP contribution < -0.4 is 0 Å². The Hall–Kier alpha value is -1.62. The molecule has 0 atom stereocenters. The minimum Gasteiger partial charge on any atom is -0.506 e. The molecule has 2 fully saturated rings. The Balaban J connectivity index is 1.52. The molecule has 2 aliphatic heterocycles. The van der Waals surface area contributed by atoms with Crippen LogP contribution in [0.25, 0.3) is 0 Å². The predicted molar refractivity (Wildman–Crippen MR) is 80.2 cm³/mol. The van der Waals surface area contributed by atoms with E-state index in [-0.39, 0.29) is 11.7 Å². The molecular weight excluding hydrogens is 266 g/mol. The normalized spacial score (nSPS) is 20.9. The van der Waals surface area contributed by atoms with E-state index in [1.54, 1.807) is 0 Å². The summed E-state index contributed by atoms with van der Waals surface area (Å²) >= 11 is 0. The quantitative estimate of drug-likeness (QED) is 0.921. The van der Waals surface area contributed by atoms with Crippen LogP contribution in [0.2, 0.25) is 0 Å². The van der Waals surface area contributed by atoms with E-state index in [4.69, 9.17) is 0 Å². The maximum atomic E-state index is 12.4. The summed E-state index contributed by atoms with van der Waals surface area (Å²) in [7, 11) is 0. The van der Waals surface area contributed by atoms with Gasteiger partial charge >= 0.3 is 0 Å². The number of aromatic hydroxyl groups is 1. The molecule has 0 saturated carbocycles. The van der Waals surface area contributed by atoms with Crippen molar-refractivity contribution in [1.82, 2.24) is 14.8 Å². The molecule has 0 unspecified atom stereocenters. The van der Waals surface area contributed by atoms with Gasteiger partial charge in [0.25, 0.3) is 5.91 Å². The lowest BCUT2D eigenvalue weighted by Crippen LogP contribution is -2.41. The van der Waals surface area contributed by atoms with Crippen molar-refractivity contribution in [1.29, 1.82) is 0 Å². The summed E-state index contributed by atoms with van der Waals surface area (Å²) in [5, 5.41) is 9.42. The van der Waals surface area contributed by atoms with Crippen LogP contribution in [0.3, 0.4) is 0 Å². The second kappa shape index (κ2) is 6.43. The summed E-state index contributed by atoms with van der Waals surface area (Å²) in [6.45, 7) is 5.30. The maximum Gasteiger partial charge on any atom is 0.255 e. The average molecular weight is 289 g/mol. The SMILES string of the molecule is O=C(c1cncc(O)c1)N1CCC(CN2CCCC2)CC1. The molecule has 114 valence electrons. The van der Waals surface area contributed by atoms with E-state index in [1.165, 1.54) is 50.9 Å². The van der Waals surface area contributed by atoms with Crippen LogP contribution in [0.4, 0.5) is 0 Å². The first-order chi connectivity index (χ1) is 10.2. The molecule has 1 aromatic rings. The Kier molecular flexibility index (Phi) is 4.39. The van der Waals surface area contributed by atoms with Crippen LogP contribution in [0.5, 0.6) is 5.75 Å². The van der Waals surface area contributed by atoms with Gasteiger partial charge < -0.3 is 14.9 Å². The molecule has 3 rings (SSSR count). The van der Waals surface area contributed by atoms with Crippen molar-refractivity contribution < 1.29 is 9.90 Å². The molecule has 1 N–H and O–H groups in total. The third-order valence-electron chi connectivity index (χ3n) is 4.59. The highest BCUT2D eigenvalue weighted by molar-refractivity contribution is 5.94. The highest BCUT2D eigenvalue weighted by Crippen LogP contribution is 2.22. The summed E-state index contributed by atoms with van der Waals surface area (Å²) in [4.78, 5) is 20.7. The van der Waals surface area contributed by atoms with Gasteiger partial charge in [0.15, 0.2) is 0 Å². The van der Waals surface area contributed by atoms with Crippen molar-refractivity contribution in [2.75, 3.05) is 32.7 Å². The first-order valence-corrected chi connectivity index (χ1v) is 7.88. The monoisotopic (exact) mass is 289 g/mol. The van der Waals surface area contributed by atoms with E-state index < -0.39 is 0 Å². The highest BCUT2D eigenvalue weighted by Gasteiger charge is 2.26. The fourth-order valence-corrected chi connectivity index (χ4v) is 3.38. The molecular formula is C16H23N3O2. The molecule has 5 nitrogen and oxygen atoms in total. The summed E-state index contributed by atoms with van der Waals surface area (Å²) in [5.74, 6) is 0.747. The molecule has 0 spiro atoms. The fraction of sp³-hybridized carbons (Fsp3) is 0.625. The van der Waals surface area contributed by atoms with Crippen LogP contribution >= 0.6 is 0 Å². The number of likely N-dealkylation sites (tertiary alicyclic amines) is 2. The van der Waals surface area contributed by atoms with Gasteiger partial charge in [0.05, 0.1) is 11.8 Å². The summed E-state index contributed by atoms with van der Waals surface area (Å²) in [6, 6.07) is 1.49. The Bertz CT molecular complexity index is 492. The third-order valence-corrected chi connectivity index (χ3v) is 4.59. The van der Waals surface area contributed by atoms with Gasteiger partial charge in [-0.15, -0.1) is 0 Å². The van der Waals surface area contributed by atoms with Crippen molar-refractivity contribution in [2.24, 2.45) is 5.92 Å². The number of nitrogens with zero attached hydrogens (tertiary/aromatic N) is 3. The van der Waals surface area contributed by atoms with E-state index in [9.17, 15) is 9.90 Å². The van der Waals surface area contributed by atoms with Crippen LogP contribution in [0.15, 0.2) is 18.5 Å². The molecule has 0 aliphatic carbocycles. The minimum absolute atomic E-state index is 0.0157. The van der Waals surface area contributed by atoms with Gasteiger partial charge in [0, 0.05) is 25.8 Å². The second-order valence-corrected chi connectivity index (χ2v) is 6.18. The van der Waals surface area contributed by atoms with Crippen LogP contribution in [0, 0.1) is 5.92 Å². The number of amides is 1. The first-order valence-electron chi connectivity index (χ1n) is 7.88. The lowest BCUT2D eigenvalue weighted by atomic mass is 9.96. The zero-order chi connectivity index (χ0) is 14.7. The van der Waals surface area contributed by atoms with Crippen molar-refractivity contribution in [2.45, 2.75) is 25.7 Å². The van der Waals surface area contributed by atoms with Crippen LogP contribution in [-0.2, 0) is 0 Å². The highest BCUT2D eigenvalue weighted by atomic mass is 16.3. The number of rotatable bonds is 3. The number of carbonyl (C=O) groups is 1. The van der Waals surface area contributed by atoms with E-state index in [0.29, 0.717) is 5.56 Å². The topological polar surface area (TPSA) is 56.7 Å². The van der Waals surface area contributed by atoms with Crippen LogP contribution in [-0.4, -0.2) is 58.5 Å². The minimum atomic E-state index is -0.0157. The molecule has 2 saturated heterocycles. The molecule has 0 radical (unpaired) electrons. The van der Waals surface area contributed by atoms with Gasteiger partial charge in [-0.3, -0.25) is 9.78 Å². The lowest BCUT2D eigenvalue weighted by Gasteiger charge is -2.33. The Morgan fingerprint density at radius 3 is 2.57 bits per heavy atom. The van der Waals surface area contributed by atoms with Gasteiger partial charge in [0.1, 0.15) is 5.75 Å². The second-order valence-electron chi connectivity index (χ2n) is 6.18. The summed E-state index contributed by atoms with van der Waals surface area (Å²) < 4.78 is 0. The first kappa shape index (κ1) is 14.3. The number of aromatic nitrogens is 1.